The number of rotatable bonds is 7. The first kappa shape index (κ1) is 17.0. The monoisotopic (exact) mass is 314 g/mol. The minimum absolute atomic E-state index is 0.406. The fourth-order valence-corrected chi connectivity index (χ4v) is 4.65. The van der Waals surface area contributed by atoms with Crippen LogP contribution in [0, 0.1) is 0 Å². The third-order valence-electron chi connectivity index (χ3n) is 5.73. The Morgan fingerprint density at radius 1 is 1.13 bits per heavy atom. The van der Waals surface area contributed by atoms with Crippen LogP contribution in [0.15, 0.2) is 30.3 Å². The quantitative estimate of drug-likeness (QED) is 0.768. The average molecular weight is 315 g/mol. The maximum absolute atomic E-state index is 3.95. The molecule has 0 radical (unpaired) electrons. The first-order valence-corrected chi connectivity index (χ1v) is 9.70. The molecule has 0 amide bonds. The lowest BCUT2D eigenvalue weighted by atomic mass is 9.76. The van der Waals surface area contributed by atoms with Gasteiger partial charge in [-0.25, -0.2) is 0 Å². The maximum atomic E-state index is 3.95. The van der Waals surface area contributed by atoms with E-state index in [0.29, 0.717) is 11.6 Å². The second-order valence-electron chi connectivity index (χ2n) is 8.13. The van der Waals surface area contributed by atoms with Crippen LogP contribution in [-0.2, 0) is 0 Å². The van der Waals surface area contributed by atoms with E-state index in [2.05, 4.69) is 61.7 Å². The minimum atomic E-state index is 0.406. The van der Waals surface area contributed by atoms with Crippen LogP contribution >= 0.6 is 0 Å². The summed E-state index contributed by atoms with van der Waals surface area (Å²) in [5.74, 6) is 0.757. The Labute approximate surface area is 142 Å². The molecular formula is C21H34N2. The third-order valence-corrected chi connectivity index (χ3v) is 5.73. The molecule has 2 N–H and O–H groups in total. The molecule has 1 aromatic rings. The van der Waals surface area contributed by atoms with Crippen molar-refractivity contribution in [3.8, 4) is 0 Å². The van der Waals surface area contributed by atoms with Gasteiger partial charge in [-0.15, -0.1) is 0 Å². The van der Waals surface area contributed by atoms with Gasteiger partial charge in [0.05, 0.1) is 0 Å². The van der Waals surface area contributed by atoms with Gasteiger partial charge in [-0.2, -0.15) is 0 Å². The smallest absolute Gasteiger partial charge is 0.0184 e. The molecule has 23 heavy (non-hydrogen) atoms. The van der Waals surface area contributed by atoms with Crippen molar-refractivity contribution in [3.05, 3.63) is 35.9 Å². The van der Waals surface area contributed by atoms with Crippen LogP contribution in [0.1, 0.15) is 77.2 Å². The summed E-state index contributed by atoms with van der Waals surface area (Å²) >= 11 is 0. The molecule has 1 aromatic carbocycles. The van der Waals surface area contributed by atoms with Crippen molar-refractivity contribution in [2.24, 2.45) is 0 Å². The highest BCUT2D eigenvalue weighted by Crippen LogP contribution is 2.42. The van der Waals surface area contributed by atoms with Crippen LogP contribution in [0.4, 0.5) is 0 Å². The van der Waals surface area contributed by atoms with E-state index in [-0.39, 0.29) is 0 Å². The topological polar surface area (TPSA) is 24.1 Å². The van der Waals surface area contributed by atoms with Gasteiger partial charge in [0, 0.05) is 29.6 Å². The summed E-state index contributed by atoms with van der Waals surface area (Å²) < 4.78 is 0. The largest absolute Gasteiger partial charge is 0.311 e. The number of nitrogens with one attached hydrogen (secondary N) is 2. The summed E-state index contributed by atoms with van der Waals surface area (Å²) in [7, 11) is 0. The Hall–Kier alpha value is -0.860. The standard InChI is InChI=1S/C21H34N2/c1-4-12-21(23-16(2)3)13-10-18(11-14-21)22-20-15-19(20)17-8-6-5-7-9-17/h5-9,16,18-20,22-23H,4,10-15H2,1-3H3/t18?,19-,20+,21?/m1/s1. The number of hydrogen-bond donors (Lipinski definition) is 2. The van der Waals surface area contributed by atoms with Crippen LogP contribution in [0.25, 0.3) is 0 Å². The highest BCUT2D eigenvalue weighted by Gasteiger charge is 2.41. The van der Waals surface area contributed by atoms with E-state index in [1.165, 1.54) is 50.5 Å². The number of hydrogen-bond acceptors (Lipinski definition) is 2. The van der Waals surface area contributed by atoms with Crippen molar-refractivity contribution in [3.63, 3.8) is 0 Å². The summed E-state index contributed by atoms with van der Waals surface area (Å²) in [6.45, 7) is 6.90. The van der Waals surface area contributed by atoms with E-state index in [1.807, 2.05) is 0 Å². The summed E-state index contributed by atoms with van der Waals surface area (Å²) in [6.07, 6.45) is 9.27. The van der Waals surface area contributed by atoms with Gasteiger partial charge in [0.15, 0.2) is 0 Å². The Morgan fingerprint density at radius 3 is 2.43 bits per heavy atom. The van der Waals surface area contributed by atoms with Crippen LogP contribution < -0.4 is 10.6 Å². The Balaban J connectivity index is 1.48. The zero-order valence-electron chi connectivity index (χ0n) is 15.1. The van der Waals surface area contributed by atoms with Gasteiger partial charge in [-0.05, 0) is 44.1 Å². The van der Waals surface area contributed by atoms with E-state index < -0.39 is 0 Å². The highest BCUT2D eigenvalue weighted by atomic mass is 15.0. The highest BCUT2D eigenvalue weighted by molar-refractivity contribution is 5.27. The van der Waals surface area contributed by atoms with Gasteiger partial charge < -0.3 is 10.6 Å². The maximum Gasteiger partial charge on any atom is 0.0184 e. The SMILES string of the molecule is CCCC1(NC(C)C)CCC(N[C@H]2C[C@@H]2c2ccccc2)CC1. The van der Waals surface area contributed by atoms with Gasteiger partial charge in [0.1, 0.15) is 0 Å². The molecule has 2 aliphatic rings. The third kappa shape index (κ3) is 4.36. The molecule has 3 rings (SSSR count). The Kier molecular flexibility index (Phi) is 5.43. The molecule has 0 aromatic heterocycles. The molecule has 0 heterocycles. The molecular weight excluding hydrogens is 280 g/mol. The minimum Gasteiger partial charge on any atom is -0.311 e. The van der Waals surface area contributed by atoms with Gasteiger partial charge >= 0.3 is 0 Å². The van der Waals surface area contributed by atoms with E-state index in [1.54, 1.807) is 0 Å². The van der Waals surface area contributed by atoms with Crippen molar-refractivity contribution in [1.82, 2.24) is 10.6 Å². The lowest BCUT2D eigenvalue weighted by Gasteiger charge is -2.43. The fraction of sp³-hybridized carbons (Fsp3) is 0.714. The van der Waals surface area contributed by atoms with Crippen molar-refractivity contribution >= 4 is 0 Å². The van der Waals surface area contributed by atoms with Crippen molar-refractivity contribution in [2.75, 3.05) is 0 Å². The predicted molar refractivity (Wildman–Crippen MR) is 98.9 cm³/mol. The molecule has 2 heteroatoms. The molecule has 0 unspecified atom stereocenters. The molecule has 0 spiro atoms. The summed E-state index contributed by atoms with van der Waals surface area (Å²) in [5.41, 5.74) is 1.92. The van der Waals surface area contributed by atoms with E-state index in [9.17, 15) is 0 Å². The lowest BCUT2D eigenvalue weighted by molar-refractivity contribution is 0.174. The molecule has 0 aliphatic heterocycles. The molecule has 2 saturated carbocycles. The molecule has 0 bridgehead atoms. The summed E-state index contributed by atoms with van der Waals surface area (Å²) in [5, 5.41) is 7.84. The second-order valence-corrected chi connectivity index (χ2v) is 8.13. The Morgan fingerprint density at radius 2 is 1.83 bits per heavy atom. The van der Waals surface area contributed by atoms with Gasteiger partial charge in [0.25, 0.3) is 0 Å². The fourth-order valence-electron chi connectivity index (χ4n) is 4.65. The average Bonchev–Trinajstić information content (AvgIpc) is 3.29. The molecule has 128 valence electrons. The Bertz CT molecular complexity index is 474. The first-order chi connectivity index (χ1) is 11.1. The second kappa shape index (κ2) is 7.36. The van der Waals surface area contributed by atoms with Gasteiger partial charge in [0.2, 0.25) is 0 Å². The lowest BCUT2D eigenvalue weighted by Crippen LogP contribution is -2.53. The van der Waals surface area contributed by atoms with Crippen LogP contribution in [0.2, 0.25) is 0 Å². The van der Waals surface area contributed by atoms with Crippen LogP contribution in [-0.4, -0.2) is 23.7 Å². The molecule has 2 aliphatic carbocycles. The van der Waals surface area contributed by atoms with Crippen LogP contribution in [0.3, 0.4) is 0 Å². The van der Waals surface area contributed by atoms with E-state index in [0.717, 1.165) is 18.0 Å². The summed E-state index contributed by atoms with van der Waals surface area (Å²) in [6, 6.07) is 13.1. The molecule has 2 atom stereocenters. The molecule has 2 fully saturated rings. The van der Waals surface area contributed by atoms with Crippen molar-refractivity contribution < 1.29 is 0 Å². The zero-order chi connectivity index (χ0) is 16.3. The van der Waals surface area contributed by atoms with Crippen LogP contribution in [0.5, 0.6) is 0 Å². The van der Waals surface area contributed by atoms with E-state index >= 15 is 0 Å². The van der Waals surface area contributed by atoms with Crippen molar-refractivity contribution in [1.29, 1.82) is 0 Å². The van der Waals surface area contributed by atoms with Crippen molar-refractivity contribution in [2.45, 2.75) is 95.3 Å². The predicted octanol–water partition coefficient (Wildman–Crippen LogP) is 4.61. The summed E-state index contributed by atoms with van der Waals surface area (Å²) in [4.78, 5) is 0. The molecule has 0 saturated heterocycles. The zero-order valence-corrected chi connectivity index (χ0v) is 15.1. The first-order valence-electron chi connectivity index (χ1n) is 9.70. The molecule has 2 nitrogen and oxygen atoms in total. The van der Waals surface area contributed by atoms with Gasteiger partial charge in [-0.3, -0.25) is 0 Å². The number of benzene rings is 1. The normalized spacial score (nSPS) is 33.8. The van der Waals surface area contributed by atoms with E-state index in [4.69, 9.17) is 0 Å². The van der Waals surface area contributed by atoms with Gasteiger partial charge in [-0.1, -0.05) is 57.5 Å².